The van der Waals surface area contributed by atoms with Crippen LogP contribution in [0.15, 0.2) is 29.3 Å². The highest BCUT2D eigenvalue weighted by Crippen LogP contribution is 2.15. The van der Waals surface area contributed by atoms with E-state index in [-0.39, 0.29) is 19.2 Å². The van der Waals surface area contributed by atoms with E-state index >= 15 is 0 Å². The van der Waals surface area contributed by atoms with Gasteiger partial charge in [-0.3, -0.25) is 14.6 Å². The Labute approximate surface area is 178 Å². The number of benzene rings is 1. The van der Waals surface area contributed by atoms with Crippen molar-refractivity contribution in [2.45, 2.75) is 59.3 Å². The smallest absolute Gasteiger partial charge is 0.338 e. The molecule has 1 aromatic rings. The van der Waals surface area contributed by atoms with Gasteiger partial charge in [0.2, 0.25) is 0 Å². The summed E-state index contributed by atoms with van der Waals surface area (Å²) in [7, 11) is 0. The maximum Gasteiger partial charge on any atom is 0.338 e. The van der Waals surface area contributed by atoms with E-state index in [0.29, 0.717) is 17.9 Å². The molecule has 0 radical (unpaired) electrons. The van der Waals surface area contributed by atoms with Gasteiger partial charge in [0.05, 0.1) is 31.1 Å². The molecule has 1 rings (SSSR count). The summed E-state index contributed by atoms with van der Waals surface area (Å²) >= 11 is 0. The van der Waals surface area contributed by atoms with Gasteiger partial charge in [-0.25, -0.2) is 4.79 Å². The highest BCUT2D eigenvalue weighted by Gasteiger charge is 2.27. The Morgan fingerprint density at radius 2 is 1.40 bits per heavy atom. The summed E-state index contributed by atoms with van der Waals surface area (Å²) < 4.78 is 15.1. The standard InChI is InChI=1S/C23H33NO6/c1-4-7-8-9-10-11-16-30-21(25)18-12-14-19(15-13-18)24-17-20(22(26)28-5-2)23(27)29-6-3/h12-15,17,20H,4-11,16H2,1-3H3. The number of carbonyl (C=O) groups excluding carboxylic acids is 3. The van der Waals surface area contributed by atoms with Gasteiger partial charge in [0.25, 0.3) is 0 Å². The van der Waals surface area contributed by atoms with Gasteiger partial charge in [-0.1, -0.05) is 39.0 Å². The lowest BCUT2D eigenvalue weighted by Crippen LogP contribution is -2.29. The van der Waals surface area contributed by atoms with Gasteiger partial charge in [-0.05, 0) is 44.5 Å². The van der Waals surface area contributed by atoms with Crippen LogP contribution >= 0.6 is 0 Å². The number of rotatable bonds is 14. The molecule has 0 aliphatic rings. The maximum atomic E-state index is 12.1. The fourth-order valence-corrected chi connectivity index (χ4v) is 2.66. The molecule has 0 unspecified atom stereocenters. The Bertz CT molecular complexity index is 665. The molecule has 0 bridgehead atoms. The topological polar surface area (TPSA) is 91.3 Å². The van der Waals surface area contributed by atoms with Gasteiger partial charge in [-0.15, -0.1) is 0 Å². The molecule has 0 saturated carbocycles. The predicted molar refractivity (Wildman–Crippen MR) is 115 cm³/mol. The molecule has 7 heteroatoms. The monoisotopic (exact) mass is 419 g/mol. The van der Waals surface area contributed by atoms with Crippen molar-refractivity contribution in [3.63, 3.8) is 0 Å². The molecular formula is C23H33NO6. The first-order valence-corrected chi connectivity index (χ1v) is 10.7. The van der Waals surface area contributed by atoms with Crippen molar-refractivity contribution >= 4 is 29.8 Å². The van der Waals surface area contributed by atoms with Crippen molar-refractivity contribution in [3.05, 3.63) is 29.8 Å². The Kier molecular flexibility index (Phi) is 12.8. The van der Waals surface area contributed by atoms with Crippen molar-refractivity contribution < 1.29 is 28.6 Å². The Morgan fingerprint density at radius 1 is 0.833 bits per heavy atom. The van der Waals surface area contributed by atoms with Gasteiger partial charge in [0, 0.05) is 6.21 Å². The average molecular weight is 420 g/mol. The number of unbranched alkanes of at least 4 members (excludes halogenated alkanes) is 5. The van der Waals surface area contributed by atoms with Crippen LogP contribution in [0.3, 0.4) is 0 Å². The minimum Gasteiger partial charge on any atom is -0.465 e. The Hall–Kier alpha value is -2.70. The van der Waals surface area contributed by atoms with E-state index in [4.69, 9.17) is 14.2 Å². The third kappa shape index (κ3) is 9.67. The van der Waals surface area contributed by atoms with E-state index in [1.54, 1.807) is 38.1 Å². The van der Waals surface area contributed by atoms with Crippen LogP contribution in [-0.4, -0.2) is 43.9 Å². The molecule has 0 spiro atoms. The van der Waals surface area contributed by atoms with Crippen molar-refractivity contribution in [2.75, 3.05) is 19.8 Å². The zero-order valence-electron chi connectivity index (χ0n) is 18.2. The van der Waals surface area contributed by atoms with E-state index < -0.39 is 17.9 Å². The summed E-state index contributed by atoms with van der Waals surface area (Å²) in [6.07, 6.45) is 7.96. The van der Waals surface area contributed by atoms with Crippen LogP contribution in [0.25, 0.3) is 0 Å². The van der Waals surface area contributed by atoms with Crippen LogP contribution in [0.5, 0.6) is 0 Å². The quantitative estimate of drug-likeness (QED) is 0.143. The van der Waals surface area contributed by atoms with E-state index in [1.807, 2.05) is 0 Å². The Morgan fingerprint density at radius 3 is 1.97 bits per heavy atom. The third-order valence-electron chi connectivity index (χ3n) is 4.29. The lowest BCUT2D eigenvalue weighted by molar-refractivity contribution is -0.157. The number of esters is 3. The molecule has 0 aliphatic carbocycles. The van der Waals surface area contributed by atoms with Crippen LogP contribution in [0.1, 0.15) is 69.7 Å². The normalized spacial score (nSPS) is 10.9. The molecule has 1 aromatic carbocycles. The van der Waals surface area contributed by atoms with E-state index in [0.717, 1.165) is 19.3 Å². The summed E-state index contributed by atoms with van der Waals surface area (Å²) in [6, 6.07) is 6.43. The van der Waals surface area contributed by atoms with Gasteiger partial charge in [-0.2, -0.15) is 0 Å². The van der Waals surface area contributed by atoms with Crippen LogP contribution in [0.2, 0.25) is 0 Å². The van der Waals surface area contributed by atoms with Gasteiger partial charge < -0.3 is 14.2 Å². The molecule has 0 atom stereocenters. The first-order chi connectivity index (χ1) is 14.5. The van der Waals surface area contributed by atoms with Crippen LogP contribution in [0, 0.1) is 5.92 Å². The second-order valence-electron chi connectivity index (χ2n) is 6.71. The molecule has 0 aromatic heterocycles. The number of hydrogen-bond donors (Lipinski definition) is 0. The minimum atomic E-state index is -1.23. The molecular weight excluding hydrogens is 386 g/mol. The van der Waals surface area contributed by atoms with Crippen molar-refractivity contribution in [1.29, 1.82) is 0 Å². The van der Waals surface area contributed by atoms with Gasteiger partial charge >= 0.3 is 17.9 Å². The van der Waals surface area contributed by atoms with Crippen LogP contribution < -0.4 is 0 Å². The fraction of sp³-hybridized carbons (Fsp3) is 0.565. The number of hydrogen-bond acceptors (Lipinski definition) is 7. The predicted octanol–water partition coefficient (Wildman–Crippen LogP) is 4.65. The molecule has 0 amide bonds. The molecule has 0 saturated heterocycles. The third-order valence-corrected chi connectivity index (χ3v) is 4.29. The van der Waals surface area contributed by atoms with Crippen molar-refractivity contribution in [1.82, 2.24) is 0 Å². The van der Waals surface area contributed by atoms with Gasteiger partial charge in [0.15, 0.2) is 5.92 Å². The lowest BCUT2D eigenvalue weighted by atomic mass is 10.1. The van der Waals surface area contributed by atoms with Gasteiger partial charge in [0.1, 0.15) is 0 Å². The number of carbonyl (C=O) groups is 3. The van der Waals surface area contributed by atoms with E-state index in [9.17, 15) is 14.4 Å². The van der Waals surface area contributed by atoms with Crippen molar-refractivity contribution in [2.24, 2.45) is 10.9 Å². The number of ether oxygens (including phenoxy) is 3. The second kappa shape index (κ2) is 15.2. The first kappa shape index (κ1) is 25.3. The highest BCUT2D eigenvalue weighted by molar-refractivity contribution is 6.09. The molecule has 0 N–H and O–H groups in total. The molecule has 7 nitrogen and oxygen atoms in total. The summed E-state index contributed by atoms with van der Waals surface area (Å²) in [4.78, 5) is 40.1. The number of aliphatic imine (C=N–C) groups is 1. The second-order valence-corrected chi connectivity index (χ2v) is 6.71. The molecule has 0 heterocycles. The average Bonchev–Trinajstić information content (AvgIpc) is 2.74. The van der Waals surface area contributed by atoms with E-state index in [1.165, 1.54) is 25.5 Å². The first-order valence-electron chi connectivity index (χ1n) is 10.7. The van der Waals surface area contributed by atoms with Crippen LogP contribution in [0.4, 0.5) is 5.69 Å². The SMILES string of the molecule is CCCCCCCCOC(=O)c1ccc(N=CC(C(=O)OCC)C(=O)OCC)cc1. The van der Waals surface area contributed by atoms with E-state index in [2.05, 4.69) is 11.9 Å². The summed E-state index contributed by atoms with van der Waals surface area (Å²) in [6.45, 7) is 6.20. The summed E-state index contributed by atoms with van der Waals surface area (Å²) in [5, 5.41) is 0. The van der Waals surface area contributed by atoms with Crippen LogP contribution in [-0.2, 0) is 23.8 Å². The number of nitrogens with zero attached hydrogens (tertiary/aromatic N) is 1. The zero-order valence-corrected chi connectivity index (χ0v) is 18.2. The largest absolute Gasteiger partial charge is 0.465 e. The molecule has 30 heavy (non-hydrogen) atoms. The molecule has 0 fully saturated rings. The maximum absolute atomic E-state index is 12.1. The highest BCUT2D eigenvalue weighted by atomic mass is 16.6. The molecule has 0 aliphatic heterocycles. The van der Waals surface area contributed by atoms with Crippen molar-refractivity contribution in [3.8, 4) is 0 Å². The Balaban J connectivity index is 2.57. The summed E-state index contributed by atoms with van der Waals surface area (Å²) in [5.74, 6) is -3.04. The minimum absolute atomic E-state index is 0.151. The molecule has 166 valence electrons. The zero-order chi connectivity index (χ0) is 22.2. The lowest BCUT2D eigenvalue weighted by Gasteiger charge is -2.10. The summed E-state index contributed by atoms with van der Waals surface area (Å²) in [5.41, 5.74) is 0.910. The fourth-order valence-electron chi connectivity index (χ4n) is 2.66.